The molecule has 4 rings (SSSR count). The highest BCUT2D eigenvalue weighted by atomic mass is 16.6. The molecule has 0 unspecified atom stereocenters. The second kappa shape index (κ2) is 11.2. The topological polar surface area (TPSA) is 89.0 Å². The van der Waals surface area contributed by atoms with Gasteiger partial charge in [0.25, 0.3) is 5.91 Å². The van der Waals surface area contributed by atoms with E-state index < -0.39 is 5.97 Å². The number of rotatable bonds is 8. The summed E-state index contributed by atoms with van der Waals surface area (Å²) in [6.45, 7) is 4.07. The quantitative estimate of drug-likeness (QED) is 0.155. The van der Waals surface area contributed by atoms with Gasteiger partial charge in [0.1, 0.15) is 0 Å². The van der Waals surface area contributed by atoms with Crippen molar-refractivity contribution in [1.29, 1.82) is 0 Å². The number of ether oxygens (including phenoxy) is 2. The van der Waals surface area contributed by atoms with Crippen molar-refractivity contribution < 1.29 is 19.1 Å². The lowest BCUT2D eigenvalue weighted by Gasteiger charge is -2.12. The van der Waals surface area contributed by atoms with Crippen LogP contribution in [0.4, 0.5) is 5.69 Å². The first-order valence-electron chi connectivity index (χ1n) is 11.5. The van der Waals surface area contributed by atoms with Crippen LogP contribution in [-0.2, 0) is 4.79 Å². The molecule has 182 valence electrons. The van der Waals surface area contributed by atoms with Crippen molar-refractivity contribution in [2.45, 2.75) is 13.8 Å². The molecule has 7 heteroatoms. The SMILES string of the molecule is COc1cc(C=NNC(=O)CNc2c(C)cccc2C)ccc1OC(=O)c1cccc2ccccc12. The lowest BCUT2D eigenvalue weighted by atomic mass is 10.0. The van der Waals surface area contributed by atoms with Crippen molar-refractivity contribution in [3.05, 3.63) is 101 Å². The molecule has 2 N–H and O–H groups in total. The lowest BCUT2D eigenvalue weighted by Crippen LogP contribution is -2.26. The molecular weight excluding hydrogens is 454 g/mol. The number of fused-ring (bicyclic) bond motifs is 1. The fourth-order valence-corrected chi connectivity index (χ4v) is 3.89. The Hall–Kier alpha value is -4.65. The van der Waals surface area contributed by atoms with Gasteiger partial charge in [0, 0.05) is 5.69 Å². The van der Waals surface area contributed by atoms with Crippen LogP contribution in [0.3, 0.4) is 0 Å². The second-order valence-corrected chi connectivity index (χ2v) is 8.24. The van der Waals surface area contributed by atoms with Gasteiger partial charge in [0.15, 0.2) is 11.5 Å². The Labute approximate surface area is 209 Å². The summed E-state index contributed by atoms with van der Waals surface area (Å²) in [5.74, 6) is -0.0957. The van der Waals surface area contributed by atoms with Crippen LogP contribution in [0.2, 0.25) is 0 Å². The van der Waals surface area contributed by atoms with E-state index in [4.69, 9.17) is 9.47 Å². The summed E-state index contributed by atoms with van der Waals surface area (Å²) in [6.07, 6.45) is 1.50. The number of nitrogens with zero attached hydrogens (tertiary/aromatic N) is 1. The van der Waals surface area contributed by atoms with Gasteiger partial charge in [0.05, 0.1) is 25.4 Å². The maximum absolute atomic E-state index is 12.9. The van der Waals surface area contributed by atoms with E-state index >= 15 is 0 Å². The molecule has 4 aromatic rings. The number of amides is 1. The Kier molecular flexibility index (Phi) is 7.60. The van der Waals surface area contributed by atoms with Gasteiger partial charge in [-0.1, -0.05) is 54.6 Å². The van der Waals surface area contributed by atoms with E-state index in [1.165, 1.54) is 13.3 Å². The smallest absolute Gasteiger partial charge is 0.344 e. The molecule has 0 saturated heterocycles. The molecule has 0 fully saturated rings. The summed E-state index contributed by atoms with van der Waals surface area (Å²) in [7, 11) is 1.49. The molecule has 0 saturated carbocycles. The summed E-state index contributed by atoms with van der Waals surface area (Å²) in [6, 6.07) is 24.1. The Morgan fingerprint density at radius 3 is 2.39 bits per heavy atom. The van der Waals surface area contributed by atoms with Gasteiger partial charge in [-0.2, -0.15) is 5.10 Å². The van der Waals surface area contributed by atoms with Crippen LogP contribution in [0.15, 0.2) is 84.0 Å². The highest BCUT2D eigenvalue weighted by Gasteiger charge is 2.15. The fraction of sp³-hybridized carbons (Fsp3) is 0.138. The minimum atomic E-state index is -0.477. The van der Waals surface area contributed by atoms with Crippen LogP contribution in [0.1, 0.15) is 27.0 Å². The number of esters is 1. The zero-order valence-electron chi connectivity index (χ0n) is 20.4. The first kappa shape index (κ1) is 24.5. The van der Waals surface area contributed by atoms with Crippen molar-refractivity contribution in [1.82, 2.24) is 5.43 Å². The third-order valence-corrected chi connectivity index (χ3v) is 5.71. The van der Waals surface area contributed by atoms with E-state index in [2.05, 4.69) is 15.8 Å². The van der Waals surface area contributed by atoms with Crippen LogP contribution in [0.25, 0.3) is 10.8 Å². The number of para-hydroxylation sites is 1. The summed E-state index contributed by atoms with van der Waals surface area (Å²) in [5.41, 5.74) is 6.72. The number of aryl methyl sites for hydroxylation is 2. The molecule has 4 aromatic carbocycles. The summed E-state index contributed by atoms with van der Waals surface area (Å²) in [5, 5.41) is 8.93. The number of anilines is 1. The molecule has 0 bridgehead atoms. The summed E-state index contributed by atoms with van der Waals surface area (Å²) < 4.78 is 11.0. The van der Waals surface area contributed by atoms with Crippen LogP contribution in [-0.4, -0.2) is 31.7 Å². The number of hydrazone groups is 1. The molecule has 0 heterocycles. The van der Waals surface area contributed by atoms with Crippen LogP contribution < -0.4 is 20.2 Å². The number of carbonyl (C=O) groups excluding carboxylic acids is 2. The molecule has 0 aliphatic carbocycles. The predicted molar refractivity (Wildman–Crippen MR) is 142 cm³/mol. The Balaban J connectivity index is 1.39. The monoisotopic (exact) mass is 481 g/mol. The molecule has 0 aliphatic rings. The minimum absolute atomic E-state index is 0.0927. The minimum Gasteiger partial charge on any atom is -0.493 e. The number of nitrogens with one attached hydrogen (secondary N) is 2. The van der Waals surface area contributed by atoms with Gasteiger partial charge < -0.3 is 14.8 Å². The molecule has 0 aliphatic heterocycles. The molecule has 0 aromatic heterocycles. The van der Waals surface area contributed by atoms with E-state index in [0.717, 1.165) is 27.6 Å². The van der Waals surface area contributed by atoms with E-state index in [-0.39, 0.29) is 18.2 Å². The molecule has 7 nitrogen and oxygen atoms in total. The van der Waals surface area contributed by atoms with Crippen molar-refractivity contribution in [2.75, 3.05) is 19.0 Å². The first-order valence-corrected chi connectivity index (χ1v) is 11.5. The maximum atomic E-state index is 12.9. The Bertz CT molecular complexity index is 1420. The van der Waals surface area contributed by atoms with Crippen LogP contribution in [0.5, 0.6) is 11.5 Å². The van der Waals surface area contributed by atoms with Gasteiger partial charge in [0.2, 0.25) is 0 Å². The zero-order valence-corrected chi connectivity index (χ0v) is 20.4. The van der Waals surface area contributed by atoms with Crippen molar-refractivity contribution in [2.24, 2.45) is 5.10 Å². The average molecular weight is 482 g/mol. The van der Waals surface area contributed by atoms with E-state index in [1.807, 2.05) is 68.4 Å². The molecular formula is C29H27N3O4. The molecule has 0 radical (unpaired) electrons. The predicted octanol–water partition coefficient (Wildman–Crippen LogP) is 5.25. The highest BCUT2D eigenvalue weighted by molar-refractivity contribution is 6.05. The summed E-state index contributed by atoms with van der Waals surface area (Å²) >= 11 is 0. The number of hydrogen-bond acceptors (Lipinski definition) is 6. The van der Waals surface area contributed by atoms with Crippen molar-refractivity contribution in [3.8, 4) is 11.5 Å². The molecule has 0 atom stereocenters. The highest BCUT2D eigenvalue weighted by Crippen LogP contribution is 2.29. The van der Waals surface area contributed by atoms with Crippen LogP contribution >= 0.6 is 0 Å². The van der Waals surface area contributed by atoms with Gasteiger partial charge in [-0.25, -0.2) is 10.2 Å². The van der Waals surface area contributed by atoms with Gasteiger partial charge in [-0.3, -0.25) is 4.79 Å². The number of hydrogen-bond donors (Lipinski definition) is 2. The van der Waals surface area contributed by atoms with E-state index in [9.17, 15) is 9.59 Å². The number of carbonyl (C=O) groups is 2. The van der Waals surface area contributed by atoms with Gasteiger partial charge in [-0.05, 0) is 65.6 Å². The summed E-state index contributed by atoms with van der Waals surface area (Å²) in [4.78, 5) is 25.1. The van der Waals surface area contributed by atoms with Crippen molar-refractivity contribution >= 4 is 34.6 Å². The Morgan fingerprint density at radius 2 is 1.61 bits per heavy atom. The van der Waals surface area contributed by atoms with E-state index in [0.29, 0.717) is 16.9 Å². The fourth-order valence-electron chi connectivity index (χ4n) is 3.89. The second-order valence-electron chi connectivity index (χ2n) is 8.24. The molecule has 1 amide bonds. The average Bonchev–Trinajstić information content (AvgIpc) is 2.88. The molecule has 0 spiro atoms. The third kappa shape index (κ3) is 5.70. The largest absolute Gasteiger partial charge is 0.493 e. The zero-order chi connectivity index (χ0) is 25.5. The van der Waals surface area contributed by atoms with Gasteiger partial charge in [-0.15, -0.1) is 0 Å². The maximum Gasteiger partial charge on any atom is 0.344 e. The Morgan fingerprint density at radius 1 is 0.889 bits per heavy atom. The lowest BCUT2D eigenvalue weighted by molar-refractivity contribution is -0.119. The first-order chi connectivity index (χ1) is 17.5. The molecule has 36 heavy (non-hydrogen) atoms. The van der Waals surface area contributed by atoms with Crippen LogP contribution in [0, 0.1) is 13.8 Å². The normalized spacial score (nSPS) is 10.9. The number of methoxy groups -OCH3 is 1. The third-order valence-electron chi connectivity index (χ3n) is 5.71. The van der Waals surface area contributed by atoms with Gasteiger partial charge >= 0.3 is 5.97 Å². The number of benzene rings is 4. The van der Waals surface area contributed by atoms with Crippen molar-refractivity contribution in [3.63, 3.8) is 0 Å². The van der Waals surface area contributed by atoms with E-state index in [1.54, 1.807) is 24.3 Å². The standard InChI is InChI=1S/C29H27N3O4/c1-19-8-6-9-20(2)28(19)30-18-27(33)32-31-17-21-14-15-25(26(16-21)35-3)36-29(34)24-13-7-11-22-10-4-5-12-23(22)24/h4-17,30H,18H2,1-3H3,(H,32,33).